The van der Waals surface area contributed by atoms with E-state index in [-0.39, 0.29) is 23.8 Å². The number of hydrogen-bond acceptors (Lipinski definition) is 5. The first-order chi connectivity index (χ1) is 13.5. The number of nitrogens with zero attached hydrogens (tertiary/aromatic N) is 2. The maximum Gasteiger partial charge on any atom is 0.228 e. The SMILES string of the molecule is CCCC(CCC)C(=O)Nc1cc(-c2cccs2)nn1C1NC(=O)CC(C)N1. The van der Waals surface area contributed by atoms with Gasteiger partial charge >= 0.3 is 0 Å². The van der Waals surface area contributed by atoms with Crippen LogP contribution in [-0.2, 0) is 9.59 Å². The van der Waals surface area contributed by atoms with Crippen molar-refractivity contribution < 1.29 is 9.59 Å². The molecule has 2 atom stereocenters. The molecule has 152 valence electrons. The van der Waals surface area contributed by atoms with Gasteiger partial charge in [0.25, 0.3) is 0 Å². The van der Waals surface area contributed by atoms with Crippen LogP contribution >= 0.6 is 11.3 Å². The molecule has 3 N–H and O–H groups in total. The number of anilines is 1. The Morgan fingerprint density at radius 3 is 2.75 bits per heavy atom. The summed E-state index contributed by atoms with van der Waals surface area (Å²) < 4.78 is 1.68. The highest BCUT2D eigenvalue weighted by Gasteiger charge is 2.28. The van der Waals surface area contributed by atoms with E-state index < -0.39 is 6.29 Å². The smallest absolute Gasteiger partial charge is 0.228 e. The minimum Gasteiger partial charge on any atom is -0.322 e. The molecule has 2 unspecified atom stereocenters. The third kappa shape index (κ3) is 4.80. The minimum atomic E-state index is -0.490. The molecular formula is C20H29N5O2S. The highest BCUT2D eigenvalue weighted by molar-refractivity contribution is 7.13. The Morgan fingerprint density at radius 2 is 2.14 bits per heavy atom. The number of nitrogens with one attached hydrogen (secondary N) is 3. The lowest BCUT2D eigenvalue weighted by molar-refractivity contribution is -0.125. The van der Waals surface area contributed by atoms with E-state index in [1.165, 1.54) is 0 Å². The lowest BCUT2D eigenvalue weighted by atomic mass is 9.97. The number of thiophene rings is 1. The van der Waals surface area contributed by atoms with Gasteiger partial charge in [0.2, 0.25) is 11.8 Å². The summed E-state index contributed by atoms with van der Waals surface area (Å²) in [5.74, 6) is 0.559. The molecule has 0 bridgehead atoms. The van der Waals surface area contributed by atoms with E-state index in [1.807, 2.05) is 30.5 Å². The van der Waals surface area contributed by atoms with Crippen LogP contribution in [0, 0.1) is 5.92 Å². The molecule has 1 aliphatic rings. The molecule has 1 saturated heterocycles. The zero-order chi connectivity index (χ0) is 20.1. The molecule has 2 aromatic rings. The molecule has 3 heterocycles. The Labute approximate surface area is 169 Å². The molecule has 7 nitrogen and oxygen atoms in total. The van der Waals surface area contributed by atoms with Crippen LogP contribution in [0.15, 0.2) is 23.6 Å². The summed E-state index contributed by atoms with van der Waals surface area (Å²) >= 11 is 1.59. The van der Waals surface area contributed by atoms with E-state index in [1.54, 1.807) is 16.0 Å². The van der Waals surface area contributed by atoms with Gasteiger partial charge in [0.1, 0.15) is 11.5 Å². The van der Waals surface area contributed by atoms with Crippen molar-refractivity contribution in [2.24, 2.45) is 5.92 Å². The number of carbonyl (C=O) groups is 2. The van der Waals surface area contributed by atoms with Crippen molar-refractivity contribution in [3.05, 3.63) is 23.6 Å². The molecular weight excluding hydrogens is 374 g/mol. The first kappa shape index (κ1) is 20.5. The van der Waals surface area contributed by atoms with Crippen LogP contribution in [0.4, 0.5) is 5.82 Å². The van der Waals surface area contributed by atoms with Crippen LogP contribution in [-0.4, -0.2) is 27.6 Å². The Morgan fingerprint density at radius 1 is 1.39 bits per heavy atom. The van der Waals surface area contributed by atoms with Gasteiger partial charge in [-0.05, 0) is 31.2 Å². The van der Waals surface area contributed by atoms with Gasteiger partial charge in [0, 0.05) is 24.4 Å². The Bertz CT molecular complexity index is 796. The molecule has 28 heavy (non-hydrogen) atoms. The number of rotatable bonds is 8. The van der Waals surface area contributed by atoms with Gasteiger partial charge in [0.15, 0.2) is 6.29 Å². The fraction of sp³-hybridized carbons (Fsp3) is 0.550. The van der Waals surface area contributed by atoms with E-state index in [2.05, 4.69) is 34.9 Å². The van der Waals surface area contributed by atoms with Crippen LogP contribution in [0.25, 0.3) is 10.6 Å². The maximum atomic E-state index is 12.9. The molecule has 8 heteroatoms. The van der Waals surface area contributed by atoms with Gasteiger partial charge < -0.3 is 10.6 Å². The predicted octanol–water partition coefficient (Wildman–Crippen LogP) is 3.72. The zero-order valence-corrected chi connectivity index (χ0v) is 17.5. The summed E-state index contributed by atoms with van der Waals surface area (Å²) in [7, 11) is 0. The summed E-state index contributed by atoms with van der Waals surface area (Å²) in [5, 5.41) is 16.0. The third-order valence-corrected chi connectivity index (χ3v) is 5.77. The summed E-state index contributed by atoms with van der Waals surface area (Å²) in [6, 6.07) is 5.88. The van der Waals surface area contributed by atoms with Crippen LogP contribution in [0.1, 0.15) is 59.2 Å². The molecule has 0 radical (unpaired) electrons. The van der Waals surface area contributed by atoms with Gasteiger partial charge in [-0.1, -0.05) is 32.8 Å². The molecule has 0 saturated carbocycles. The van der Waals surface area contributed by atoms with Crippen molar-refractivity contribution >= 4 is 29.0 Å². The van der Waals surface area contributed by atoms with E-state index >= 15 is 0 Å². The van der Waals surface area contributed by atoms with Crippen LogP contribution in [0.5, 0.6) is 0 Å². The van der Waals surface area contributed by atoms with Gasteiger partial charge in [-0.3, -0.25) is 14.9 Å². The van der Waals surface area contributed by atoms with E-state index in [4.69, 9.17) is 0 Å². The summed E-state index contributed by atoms with van der Waals surface area (Å²) in [4.78, 5) is 25.9. The molecule has 2 aromatic heterocycles. The monoisotopic (exact) mass is 403 g/mol. The van der Waals surface area contributed by atoms with E-state index in [0.29, 0.717) is 12.2 Å². The van der Waals surface area contributed by atoms with E-state index in [0.717, 1.165) is 36.3 Å². The van der Waals surface area contributed by atoms with Crippen molar-refractivity contribution in [3.63, 3.8) is 0 Å². The Kier molecular flexibility index (Phi) is 6.85. The van der Waals surface area contributed by atoms with Gasteiger partial charge in [-0.25, -0.2) is 4.68 Å². The number of aromatic nitrogens is 2. The largest absolute Gasteiger partial charge is 0.322 e. The summed E-state index contributed by atoms with van der Waals surface area (Å²) in [5.41, 5.74) is 0.780. The highest BCUT2D eigenvalue weighted by Crippen LogP contribution is 2.28. The van der Waals surface area contributed by atoms with Crippen molar-refractivity contribution in [1.82, 2.24) is 20.4 Å². The molecule has 3 rings (SSSR count). The summed E-state index contributed by atoms with van der Waals surface area (Å²) in [6.45, 7) is 6.15. The molecule has 0 aliphatic carbocycles. The number of hydrogen-bond donors (Lipinski definition) is 3. The minimum absolute atomic E-state index is 0.0118. The Hall–Kier alpha value is -2.19. The first-order valence-corrected chi connectivity index (χ1v) is 10.9. The predicted molar refractivity (Wildman–Crippen MR) is 112 cm³/mol. The second-order valence-corrected chi connectivity index (χ2v) is 8.29. The first-order valence-electron chi connectivity index (χ1n) is 10.0. The molecule has 1 fully saturated rings. The topological polar surface area (TPSA) is 88.1 Å². The Balaban J connectivity index is 1.89. The second kappa shape index (κ2) is 9.34. The van der Waals surface area contributed by atoms with E-state index in [9.17, 15) is 9.59 Å². The van der Waals surface area contributed by atoms with Gasteiger partial charge in [0.05, 0.1) is 4.88 Å². The average Bonchev–Trinajstić information content (AvgIpc) is 3.30. The zero-order valence-electron chi connectivity index (χ0n) is 16.7. The molecule has 0 aromatic carbocycles. The maximum absolute atomic E-state index is 12.9. The second-order valence-electron chi connectivity index (χ2n) is 7.34. The number of carbonyl (C=O) groups excluding carboxylic acids is 2. The van der Waals surface area contributed by atoms with Crippen molar-refractivity contribution in [3.8, 4) is 10.6 Å². The highest BCUT2D eigenvalue weighted by atomic mass is 32.1. The summed E-state index contributed by atoms with van der Waals surface area (Å²) in [6.07, 6.45) is 3.59. The molecule has 1 aliphatic heterocycles. The van der Waals surface area contributed by atoms with Crippen molar-refractivity contribution in [2.75, 3.05) is 5.32 Å². The molecule has 2 amide bonds. The van der Waals surface area contributed by atoms with Crippen molar-refractivity contribution in [1.29, 1.82) is 0 Å². The van der Waals surface area contributed by atoms with Gasteiger partial charge in [-0.2, -0.15) is 5.10 Å². The van der Waals surface area contributed by atoms with Crippen LogP contribution in [0.3, 0.4) is 0 Å². The molecule has 0 spiro atoms. The fourth-order valence-electron chi connectivity index (χ4n) is 3.55. The van der Waals surface area contributed by atoms with Crippen LogP contribution in [0.2, 0.25) is 0 Å². The normalized spacial score (nSPS) is 19.6. The lowest BCUT2D eigenvalue weighted by Gasteiger charge is -2.30. The fourth-order valence-corrected chi connectivity index (χ4v) is 4.23. The van der Waals surface area contributed by atoms with Gasteiger partial charge in [-0.15, -0.1) is 11.3 Å². The quantitative estimate of drug-likeness (QED) is 0.627. The number of amides is 2. The lowest BCUT2D eigenvalue weighted by Crippen LogP contribution is -2.52. The average molecular weight is 404 g/mol. The van der Waals surface area contributed by atoms with Crippen molar-refractivity contribution in [2.45, 2.75) is 65.2 Å². The standard InChI is InChI=1S/C20H29N5O2S/c1-4-7-14(8-5-2)19(27)22-17-12-15(16-9-6-10-28-16)24-25(17)20-21-13(3)11-18(26)23-20/h6,9-10,12-14,20-21H,4-5,7-8,11H2,1-3H3,(H,22,27)(H,23,26). The third-order valence-electron chi connectivity index (χ3n) is 4.88. The van der Waals surface area contributed by atoms with Crippen LogP contribution < -0.4 is 16.0 Å².